The Balaban J connectivity index is 1.73. The number of hydrogen-bond donors (Lipinski definition) is 0. The van der Waals surface area contributed by atoms with Crippen molar-refractivity contribution in [2.24, 2.45) is 0 Å². The molecular weight excluding hydrogens is 438 g/mol. The molecule has 0 saturated carbocycles. The van der Waals surface area contributed by atoms with Crippen LogP contribution in [0, 0.1) is 6.92 Å². The fourth-order valence-corrected chi connectivity index (χ4v) is 4.43. The number of esters is 1. The van der Waals surface area contributed by atoms with Crippen molar-refractivity contribution in [1.29, 1.82) is 0 Å². The summed E-state index contributed by atoms with van der Waals surface area (Å²) >= 11 is 1.15. The topological polar surface area (TPSA) is 90.2 Å². The Hall–Kier alpha value is -3.59. The van der Waals surface area contributed by atoms with Gasteiger partial charge in [-0.1, -0.05) is 41.7 Å². The van der Waals surface area contributed by atoms with Crippen LogP contribution in [-0.2, 0) is 11.3 Å². The summed E-state index contributed by atoms with van der Waals surface area (Å²) in [5.74, 6) is -0.690. The Morgan fingerprint density at radius 2 is 1.94 bits per heavy atom. The highest BCUT2D eigenvalue weighted by atomic mass is 32.1. The normalized spacial score (nSPS) is 11.2. The molecule has 9 heteroatoms. The van der Waals surface area contributed by atoms with Crippen molar-refractivity contribution in [3.8, 4) is 0 Å². The van der Waals surface area contributed by atoms with Gasteiger partial charge in [-0.2, -0.15) is 5.10 Å². The SMILES string of the molecule is CCOC(=O)c1sc(N(Cc2ccccc2)C(=O)c2cnc3c(cnn3C(C)C)c2)nc1C. The fraction of sp³-hybridized carbons (Fsp3) is 0.292. The summed E-state index contributed by atoms with van der Waals surface area (Å²) in [7, 11) is 0. The highest BCUT2D eigenvalue weighted by molar-refractivity contribution is 7.17. The zero-order chi connectivity index (χ0) is 23.5. The van der Waals surface area contributed by atoms with E-state index < -0.39 is 5.97 Å². The van der Waals surface area contributed by atoms with Crippen molar-refractivity contribution in [3.05, 3.63) is 70.5 Å². The Kier molecular flexibility index (Phi) is 6.50. The number of anilines is 1. The molecule has 0 unspecified atom stereocenters. The predicted molar refractivity (Wildman–Crippen MR) is 128 cm³/mol. The number of nitrogens with zero attached hydrogens (tertiary/aromatic N) is 5. The summed E-state index contributed by atoms with van der Waals surface area (Å²) in [5.41, 5.74) is 2.63. The van der Waals surface area contributed by atoms with E-state index in [-0.39, 0.29) is 18.6 Å². The van der Waals surface area contributed by atoms with E-state index in [0.29, 0.717) is 27.8 Å². The lowest BCUT2D eigenvalue weighted by atomic mass is 10.2. The quantitative estimate of drug-likeness (QED) is 0.366. The lowest BCUT2D eigenvalue weighted by molar-refractivity contribution is 0.0531. The molecule has 4 rings (SSSR count). The van der Waals surface area contributed by atoms with Crippen molar-refractivity contribution in [2.45, 2.75) is 40.3 Å². The molecule has 33 heavy (non-hydrogen) atoms. The minimum Gasteiger partial charge on any atom is -0.462 e. The van der Waals surface area contributed by atoms with Crippen molar-refractivity contribution in [1.82, 2.24) is 19.7 Å². The summed E-state index contributed by atoms with van der Waals surface area (Å²) < 4.78 is 6.96. The molecule has 0 N–H and O–H groups in total. The van der Waals surface area contributed by atoms with Gasteiger partial charge < -0.3 is 4.74 Å². The maximum absolute atomic E-state index is 13.7. The van der Waals surface area contributed by atoms with E-state index in [2.05, 4.69) is 15.1 Å². The molecule has 170 valence electrons. The Labute approximate surface area is 195 Å². The molecule has 0 bridgehead atoms. The molecule has 0 radical (unpaired) electrons. The summed E-state index contributed by atoms with van der Waals surface area (Å²) in [6.07, 6.45) is 3.28. The third kappa shape index (κ3) is 4.63. The van der Waals surface area contributed by atoms with E-state index in [1.165, 1.54) is 0 Å². The smallest absolute Gasteiger partial charge is 0.350 e. The third-order valence-electron chi connectivity index (χ3n) is 5.08. The molecule has 1 aromatic carbocycles. The van der Waals surface area contributed by atoms with Crippen molar-refractivity contribution in [2.75, 3.05) is 11.5 Å². The van der Waals surface area contributed by atoms with Crippen LogP contribution in [0.1, 0.15) is 58.1 Å². The first kappa shape index (κ1) is 22.6. The van der Waals surface area contributed by atoms with Crippen LogP contribution >= 0.6 is 11.3 Å². The molecule has 0 saturated heterocycles. The van der Waals surface area contributed by atoms with Gasteiger partial charge in [-0.05, 0) is 39.3 Å². The molecule has 0 aliphatic carbocycles. The molecule has 4 aromatic rings. The van der Waals surface area contributed by atoms with Gasteiger partial charge in [0.05, 0.1) is 30.6 Å². The fourth-order valence-electron chi connectivity index (χ4n) is 3.47. The van der Waals surface area contributed by atoms with Crippen LogP contribution in [0.25, 0.3) is 11.0 Å². The van der Waals surface area contributed by atoms with Crippen LogP contribution in [0.5, 0.6) is 0 Å². The highest BCUT2D eigenvalue weighted by Gasteiger charge is 2.26. The van der Waals surface area contributed by atoms with E-state index in [9.17, 15) is 9.59 Å². The minimum atomic E-state index is -0.435. The number of carbonyl (C=O) groups is 2. The van der Waals surface area contributed by atoms with Crippen molar-refractivity contribution < 1.29 is 14.3 Å². The van der Waals surface area contributed by atoms with Crippen LogP contribution in [0.3, 0.4) is 0 Å². The van der Waals surface area contributed by atoms with E-state index >= 15 is 0 Å². The number of aryl methyl sites for hydroxylation is 1. The summed E-state index contributed by atoms with van der Waals surface area (Å²) in [6, 6.07) is 11.6. The number of pyridine rings is 1. The number of amides is 1. The molecule has 0 spiro atoms. The van der Waals surface area contributed by atoms with E-state index in [1.54, 1.807) is 37.2 Å². The van der Waals surface area contributed by atoms with Crippen LogP contribution < -0.4 is 4.90 Å². The van der Waals surface area contributed by atoms with Gasteiger partial charge >= 0.3 is 5.97 Å². The third-order valence-corrected chi connectivity index (χ3v) is 6.24. The van der Waals surface area contributed by atoms with Gasteiger partial charge in [0, 0.05) is 17.6 Å². The number of hydrogen-bond acceptors (Lipinski definition) is 7. The van der Waals surface area contributed by atoms with Gasteiger partial charge in [0.1, 0.15) is 4.88 Å². The first-order valence-corrected chi connectivity index (χ1v) is 11.5. The van der Waals surface area contributed by atoms with Crippen LogP contribution in [0.4, 0.5) is 5.13 Å². The average Bonchev–Trinajstić information content (AvgIpc) is 3.41. The maximum Gasteiger partial charge on any atom is 0.350 e. The second kappa shape index (κ2) is 9.50. The van der Waals surface area contributed by atoms with Gasteiger partial charge in [-0.3, -0.25) is 9.69 Å². The number of carbonyl (C=O) groups excluding carboxylic acids is 2. The average molecular weight is 464 g/mol. The summed E-state index contributed by atoms with van der Waals surface area (Å²) in [5, 5.41) is 5.61. The van der Waals surface area contributed by atoms with Gasteiger partial charge in [-0.15, -0.1) is 0 Å². The molecule has 0 aliphatic rings. The number of ether oxygens (including phenoxy) is 1. The first-order chi connectivity index (χ1) is 15.9. The molecule has 0 aliphatic heterocycles. The van der Waals surface area contributed by atoms with Gasteiger partial charge in [0.2, 0.25) is 0 Å². The standard InChI is InChI=1S/C24H25N5O3S/c1-5-32-23(31)20-16(4)27-24(33-20)28(14-17-9-7-6-8-10-17)22(30)19-11-18-13-26-29(15(2)3)21(18)25-12-19/h6-13,15H,5,14H2,1-4H3. The number of benzene rings is 1. The lowest BCUT2D eigenvalue weighted by Crippen LogP contribution is -2.30. The van der Waals surface area contributed by atoms with Gasteiger partial charge in [0.15, 0.2) is 10.8 Å². The second-order valence-electron chi connectivity index (χ2n) is 7.83. The maximum atomic E-state index is 13.7. The molecule has 8 nitrogen and oxygen atoms in total. The summed E-state index contributed by atoms with van der Waals surface area (Å²) in [4.78, 5) is 37.0. The molecule has 3 aromatic heterocycles. The number of thiazole rings is 1. The Morgan fingerprint density at radius 1 is 1.18 bits per heavy atom. The minimum absolute atomic E-state index is 0.158. The molecule has 1 amide bonds. The Morgan fingerprint density at radius 3 is 2.64 bits per heavy atom. The van der Waals surface area contributed by atoms with E-state index in [1.807, 2.05) is 48.9 Å². The predicted octanol–water partition coefficient (Wildman–Crippen LogP) is 4.80. The monoisotopic (exact) mass is 463 g/mol. The van der Waals surface area contributed by atoms with Crippen LogP contribution in [0.2, 0.25) is 0 Å². The van der Waals surface area contributed by atoms with Crippen molar-refractivity contribution >= 4 is 39.4 Å². The largest absolute Gasteiger partial charge is 0.462 e. The molecule has 3 heterocycles. The van der Waals surface area contributed by atoms with Gasteiger partial charge in [-0.25, -0.2) is 19.4 Å². The number of aromatic nitrogens is 4. The zero-order valence-electron chi connectivity index (χ0n) is 19.0. The van der Waals surface area contributed by atoms with Gasteiger partial charge in [0.25, 0.3) is 5.91 Å². The first-order valence-electron chi connectivity index (χ1n) is 10.7. The summed E-state index contributed by atoms with van der Waals surface area (Å²) in [6.45, 7) is 8.13. The molecule has 0 atom stereocenters. The van der Waals surface area contributed by atoms with E-state index in [0.717, 1.165) is 27.9 Å². The lowest BCUT2D eigenvalue weighted by Gasteiger charge is -2.20. The molecule has 0 fully saturated rings. The van der Waals surface area contributed by atoms with Crippen LogP contribution in [-0.4, -0.2) is 38.2 Å². The van der Waals surface area contributed by atoms with E-state index in [4.69, 9.17) is 4.74 Å². The number of rotatable bonds is 7. The highest BCUT2D eigenvalue weighted by Crippen LogP contribution is 2.30. The number of fused-ring (bicyclic) bond motifs is 1. The molecular formula is C24H25N5O3S. The van der Waals surface area contributed by atoms with Crippen LogP contribution in [0.15, 0.2) is 48.8 Å². The second-order valence-corrected chi connectivity index (χ2v) is 8.81. The Bertz CT molecular complexity index is 1300. The van der Waals surface area contributed by atoms with Crippen molar-refractivity contribution in [3.63, 3.8) is 0 Å². The zero-order valence-corrected chi connectivity index (χ0v) is 19.8.